The number of hydrogen-bond acceptors (Lipinski definition) is 3. The van der Waals surface area contributed by atoms with E-state index >= 15 is 0 Å². The van der Waals surface area contributed by atoms with Gasteiger partial charge in [0.15, 0.2) is 0 Å². The van der Waals surface area contributed by atoms with Crippen LogP contribution in [0.4, 0.5) is 10.1 Å². The predicted octanol–water partition coefficient (Wildman–Crippen LogP) is 3.77. The molecule has 2 N–H and O–H groups in total. The molecule has 0 saturated carbocycles. The summed E-state index contributed by atoms with van der Waals surface area (Å²) in [6.45, 7) is 5.18. The summed E-state index contributed by atoms with van der Waals surface area (Å²) in [4.78, 5) is 23.8. The van der Waals surface area contributed by atoms with Gasteiger partial charge in [-0.25, -0.2) is 9.07 Å². The number of amides is 2. The summed E-state index contributed by atoms with van der Waals surface area (Å²) in [5.41, 5.74) is 3.46. The maximum Gasteiger partial charge on any atom is 0.251 e. The first-order valence-corrected chi connectivity index (χ1v) is 8.84. The molecule has 0 saturated heterocycles. The molecule has 0 aliphatic rings. The molecule has 1 heterocycles. The Hall–Kier alpha value is -3.48. The molecular formula is C21H21FN4O2. The molecule has 0 aliphatic heterocycles. The molecular weight excluding hydrogens is 359 g/mol. The summed E-state index contributed by atoms with van der Waals surface area (Å²) in [6, 6.07) is 12.5. The van der Waals surface area contributed by atoms with Crippen molar-refractivity contribution in [2.24, 2.45) is 0 Å². The average molecular weight is 380 g/mol. The first kappa shape index (κ1) is 19.3. The monoisotopic (exact) mass is 380 g/mol. The number of halogens is 1. The van der Waals surface area contributed by atoms with Crippen LogP contribution < -0.4 is 10.6 Å². The number of hydrogen-bond donors (Lipinski definition) is 2. The summed E-state index contributed by atoms with van der Waals surface area (Å²) >= 11 is 0. The van der Waals surface area contributed by atoms with Crippen LogP contribution in [0.5, 0.6) is 0 Å². The van der Waals surface area contributed by atoms with Gasteiger partial charge in [0.2, 0.25) is 5.91 Å². The van der Waals surface area contributed by atoms with E-state index in [9.17, 15) is 14.0 Å². The number of benzene rings is 2. The van der Waals surface area contributed by atoms with Crippen LogP contribution in [0.3, 0.4) is 0 Å². The van der Waals surface area contributed by atoms with E-state index < -0.39 is 0 Å². The van der Waals surface area contributed by atoms with Crippen molar-refractivity contribution in [3.05, 3.63) is 77.4 Å². The van der Waals surface area contributed by atoms with E-state index in [1.807, 2.05) is 13.8 Å². The number of nitrogens with one attached hydrogen (secondary N) is 2. The van der Waals surface area contributed by atoms with Crippen LogP contribution >= 0.6 is 0 Å². The Morgan fingerprint density at radius 2 is 1.86 bits per heavy atom. The van der Waals surface area contributed by atoms with Crippen LogP contribution in [0.2, 0.25) is 0 Å². The minimum absolute atomic E-state index is 0.199. The van der Waals surface area contributed by atoms with Crippen molar-refractivity contribution in [1.82, 2.24) is 15.1 Å². The Morgan fingerprint density at radius 1 is 1.14 bits per heavy atom. The van der Waals surface area contributed by atoms with Gasteiger partial charge in [-0.1, -0.05) is 6.07 Å². The fraction of sp³-hybridized carbons (Fsp3) is 0.190. The van der Waals surface area contributed by atoms with Crippen molar-refractivity contribution in [3.8, 4) is 5.69 Å². The number of nitrogens with zero attached hydrogens (tertiary/aromatic N) is 2. The Labute approximate surface area is 162 Å². The predicted molar refractivity (Wildman–Crippen MR) is 105 cm³/mol. The van der Waals surface area contributed by atoms with Crippen LogP contribution in [0.1, 0.15) is 41.5 Å². The highest BCUT2D eigenvalue weighted by Gasteiger charge is 2.17. The van der Waals surface area contributed by atoms with Gasteiger partial charge in [0.1, 0.15) is 5.82 Å². The Bertz CT molecular complexity index is 1010. The van der Waals surface area contributed by atoms with Gasteiger partial charge in [0.25, 0.3) is 5.91 Å². The van der Waals surface area contributed by atoms with Gasteiger partial charge >= 0.3 is 0 Å². The summed E-state index contributed by atoms with van der Waals surface area (Å²) in [5.74, 6) is -0.765. The largest absolute Gasteiger partial charge is 0.345 e. The third-order valence-corrected chi connectivity index (χ3v) is 4.38. The van der Waals surface area contributed by atoms with Gasteiger partial charge < -0.3 is 10.6 Å². The molecule has 1 aromatic heterocycles. The van der Waals surface area contributed by atoms with Gasteiger partial charge in [-0.15, -0.1) is 0 Å². The molecule has 0 fully saturated rings. The third kappa shape index (κ3) is 4.25. The van der Waals surface area contributed by atoms with E-state index in [-0.39, 0.29) is 23.7 Å². The zero-order valence-corrected chi connectivity index (χ0v) is 15.9. The second kappa shape index (κ2) is 8.04. The maximum absolute atomic E-state index is 13.1. The van der Waals surface area contributed by atoms with Gasteiger partial charge in [0.05, 0.1) is 17.9 Å². The molecule has 6 nitrogen and oxygen atoms in total. The van der Waals surface area contributed by atoms with E-state index in [1.165, 1.54) is 19.1 Å². The Kier molecular flexibility index (Phi) is 5.54. The second-order valence-corrected chi connectivity index (χ2v) is 6.53. The van der Waals surface area contributed by atoms with E-state index in [2.05, 4.69) is 15.7 Å². The molecule has 3 aromatic rings. The van der Waals surface area contributed by atoms with Crippen LogP contribution in [0, 0.1) is 12.7 Å². The molecule has 0 bridgehead atoms. The number of carbonyl (C=O) groups excluding carboxylic acids is 2. The first-order chi connectivity index (χ1) is 13.3. The lowest BCUT2D eigenvalue weighted by molar-refractivity contribution is -0.114. The van der Waals surface area contributed by atoms with E-state index in [4.69, 9.17) is 0 Å². The average Bonchev–Trinajstić information content (AvgIpc) is 3.03. The highest BCUT2D eigenvalue weighted by atomic mass is 19.1. The van der Waals surface area contributed by atoms with Gasteiger partial charge in [-0.2, -0.15) is 5.10 Å². The van der Waals surface area contributed by atoms with Crippen molar-refractivity contribution < 1.29 is 14.0 Å². The Morgan fingerprint density at radius 3 is 2.54 bits per heavy atom. The van der Waals surface area contributed by atoms with Crippen molar-refractivity contribution in [2.75, 3.05) is 5.32 Å². The van der Waals surface area contributed by atoms with Crippen LogP contribution in [-0.2, 0) is 4.79 Å². The maximum atomic E-state index is 13.1. The molecule has 0 aliphatic carbocycles. The second-order valence-electron chi connectivity index (χ2n) is 6.53. The zero-order valence-electron chi connectivity index (χ0n) is 15.9. The standard InChI is InChI=1S/C21H21FN4O2/c1-13(24-21(28)16-5-4-6-18(11-16)25-15(3)27)20-12-23-26(14(20)2)19-9-7-17(22)8-10-19/h4-13H,1-3H3,(H,24,28)(H,25,27). The number of anilines is 1. The molecule has 2 amide bonds. The lowest BCUT2D eigenvalue weighted by Gasteiger charge is -2.15. The molecule has 2 aromatic carbocycles. The number of aromatic nitrogens is 2. The Balaban J connectivity index is 1.76. The van der Waals surface area contributed by atoms with Crippen molar-refractivity contribution in [1.29, 1.82) is 0 Å². The molecule has 0 radical (unpaired) electrons. The van der Waals surface area contributed by atoms with Crippen LogP contribution in [0.25, 0.3) is 5.69 Å². The SMILES string of the molecule is CC(=O)Nc1cccc(C(=O)NC(C)c2cnn(-c3ccc(F)cc3)c2C)c1. The molecule has 3 rings (SSSR count). The quantitative estimate of drug-likeness (QED) is 0.707. The molecule has 28 heavy (non-hydrogen) atoms. The van der Waals surface area contributed by atoms with Crippen molar-refractivity contribution in [2.45, 2.75) is 26.8 Å². The molecule has 0 spiro atoms. The normalized spacial score (nSPS) is 11.7. The minimum Gasteiger partial charge on any atom is -0.345 e. The number of rotatable bonds is 5. The van der Waals surface area contributed by atoms with E-state index in [0.29, 0.717) is 11.3 Å². The summed E-state index contributed by atoms with van der Waals surface area (Å²) in [6.07, 6.45) is 1.69. The van der Waals surface area contributed by atoms with E-state index in [1.54, 1.807) is 47.3 Å². The molecule has 7 heteroatoms. The van der Waals surface area contributed by atoms with Gasteiger partial charge in [0, 0.05) is 29.4 Å². The zero-order chi connectivity index (χ0) is 20.3. The number of carbonyl (C=O) groups is 2. The molecule has 1 unspecified atom stereocenters. The van der Waals surface area contributed by atoms with Gasteiger partial charge in [-0.05, 0) is 56.3 Å². The van der Waals surface area contributed by atoms with Crippen molar-refractivity contribution in [3.63, 3.8) is 0 Å². The molecule has 144 valence electrons. The fourth-order valence-corrected chi connectivity index (χ4v) is 2.99. The van der Waals surface area contributed by atoms with Gasteiger partial charge in [-0.3, -0.25) is 9.59 Å². The highest BCUT2D eigenvalue weighted by molar-refractivity contribution is 5.97. The third-order valence-electron chi connectivity index (χ3n) is 4.38. The molecule has 1 atom stereocenters. The lowest BCUT2D eigenvalue weighted by atomic mass is 10.1. The summed E-state index contributed by atoms with van der Waals surface area (Å²) < 4.78 is 14.8. The summed E-state index contributed by atoms with van der Waals surface area (Å²) in [5, 5.41) is 9.96. The highest BCUT2D eigenvalue weighted by Crippen LogP contribution is 2.21. The van der Waals surface area contributed by atoms with Crippen LogP contribution in [-0.4, -0.2) is 21.6 Å². The summed E-state index contributed by atoms with van der Waals surface area (Å²) in [7, 11) is 0. The smallest absolute Gasteiger partial charge is 0.251 e. The minimum atomic E-state index is -0.309. The van der Waals surface area contributed by atoms with Crippen molar-refractivity contribution >= 4 is 17.5 Å². The van der Waals surface area contributed by atoms with Crippen LogP contribution in [0.15, 0.2) is 54.7 Å². The lowest BCUT2D eigenvalue weighted by Crippen LogP contribution is -2.27. The first-order valence-electron chi connectivity index (χ1n) is 8.84. The van der Waals surface area contributed by atoms with E-state index in [0.717, 1.165) is 16.9 Å². The topological polar surface area (TPSA) is 76.0 Å². The fourth-order valence-electron chi connectivity index (χ4n) is 2.99.